The number of aromatic hydroxyl groups is 1. The van der Waals surface area contributed by atoms with Crippen molar-refractivity contribution in [3.63, 3.8) is 0 Å². The molecule has 1 aliphatic carbocycles. The van der Waals surface area contributed by atoms with Crippen molar-refractivity contribution in [1.29, 1.82) is 0 Å². The largest absolute Gasteiger partial charge is 0.504 e. The molecule has 0 spiro atoms. The highest BCUT2D eigenvalue weighted by atomic mass is 19.1. The minimum absolute atomic E-state index is 0.0630. The summed E-state index contributed by atoms with van der Waals surface area (Å²) in [6.07, 6.45) is 3.81. The number of pyridine rings is 1. The first kappa shape index (κ1) is 19.4. The molecule has 1 aromatic heterocycles. The molecule has 0 atom stereocenters. The maximum absolute atomic E-state index is 15.0. The van der Waals surface area contributed by atoms with E-state index < -0.39 is 34.4 Å². The maximum Gasteiger partial charge on any atom is 0.341 e. The SMILES string of the molecule is NCC(F)=C1CCCN(c2c(F)cc3c(=O)c(C(=O)O)cn(C4CC4)c3c2O)C1. The zero-order valence-electron chi connectivity index (χ0n) is 15.6. The fraction of sp³-hybridized carbons (Fsp3) is 0.400. The van der Waals surface area contributed by atoms with Crippen LogP contribution in [0.5, 0.6) is 5.75 Å². The number of benzene rings is 1. The van der Waals surface area contributed by atoms with Crippen LogP contribution in [-0.2, 0) is 0 Å². The molecule has 7 nitrogen and oxygen atoms in total. The van der Waals surface area contributed by atoms with Gasteiger partial charge in [0.2, 0.25) is 5.43 Å². The van der Waals surface area contributed by atoms with Crippen LogP contribution in [0.4, 0.5) is 14.5 Å². The van der Waals surface area contributed by atoms with Gasteiger partial charge in [0.15, 0.2) is 11.6 Å². The van der Waals surface area contributed by atoms with Crippen molar-refractivity contribution in [3.05, 3.63) is 45.3 Å². The first-order chi connectivity index (χ1) is 13.8. The van der Waals surface area contributed by atoms with Gasteiger partial charge in [-0.15, -0.1) is 0 Å². The summed E-state index contributed by atoms with van der Waals surface area (Å²) < 4.78 is 30.5. The van der Waals surface area contributed by atoms with Crippen LogP contribution in [0.15, 0.2) is 28.5 Å². The minimum atomic E-state index is -1.40. The summed E-state index contributed by atoms with van der Waals surface area (Å²) in [6.45, 7) is 0.243. The number of carboxylic acid groups (broad SMARTS) is 1. The smallest absolute Gasteiger partial charge is 0.341 e. The molecule has 0 bridgehead atoms. The molecule has 4 rings (SSSR count). The van der Waals surface area contributed by atoms with Gasteiger partial charge in [-0.25, -0.2) is 13.6 Å². The number of phenols is 1. The molecule has 2 aliphatic rings. The van der Waals surface area contributed by atoms with Gasteiger partial charge in [0.25, 0.3) is 0 Å². The van der Waals surface area contributed by atoms with Crippen molar-refractivity contribution in [1.82, 2.24) is 4.57 Å². The van der Waals surface area contributed by atoms with Gasteiger partial charge in [-0.2, -0.15) is 0 Å². The second-order valence-electron chi connectivity index (χ2n) is 7.50. The number of anilines is 1. The Morgan fingerprint density at radius 3 is 2.69 bits per heavy atom. The van der Waals surface area contributed by atoms with Crippen LogP contribution in [-0.4, -0.2) is 40.4 Å². The van der Waals surface area contributed by atoms with Crippen LogP contribution in [0.3, 0.4) is 0 Å². The van der Waals surface area contributed by atoms with Crippen LogP contribution in [0.2, 0.25) is 0 Å². The summed E-state index contributed by atoms with van der Waals surface area (Å²) in [5.74, 6) is -3.14. The van der Waals surface area contributed by atoms with Gasteiger partial charge in [0, 0.05) is 31.9 Å². The molecule has 9 heteroatoms. The molecule has 2 heterocycles. The number of aromatic nitrogens is 1. The number of carbonyl (C=O) groups is 1. The predicted octanol–water partition coefficient (Wildman–Crippen LogP) is 2.66. The third kappa shape index (κ3) is 3.25. The van der Waals surface area contributed by atoms with Crippen LogP contribution in [0, 0.1) is 5.82 Å². The van der Waals surface area contributed by atoms with E-state index in [1.165, 1.54) is 11.1 Å². The second kappa shape index (κ2) is 7.14. The Bertz CT molecular complexity index is 1110. The lowest BCUT2D eigenvalue weighted by Gasteiger charge is -2.32. The average molecular weight is 405 g/mol. The molecule has 1 aliphatic heterocycles. The molecular weight excluding hydrogens is 384 g/mol. The normalized spacial score (nSPS) is 18.9. The number of halogens is 2. The van der Waals surface area contributed by atoms with E-state index in [1.54, 1.807) is 4.57 Å². The van der Waals surface area contributed by atoms with E-state index in [9.17, 15) is 24.2 Å². The van der Waals surface area contributed by atoms with Gasteiger partial charge in [-0.3, -0.25) is 4.79 Å². The number of carboxylic acids is 1. The molecule has 2 aromatic rings. The summed E-state index contributed by atoms with van der Waals surface area (Å²) in [5.41, 5.74) is 4.51. The standard InChI is InChI=1S/C20H21F2N3O4/c21-14-6-12-16(25(11-3-4-11)9-13(18(12)26)20(28)29)19(27)17(14)24-5-1-2-10(8-24)15(22)7-23/h6,9,11,27H,1-5,7-8,23H2,(H,28,29). The molecule has 1 saturated carbocycles. The van der Waals surface area contributed by atoms with E-state index >= 15 is 4.39 Å². The van der Waals surface area contributed by atoms with Gasteiger partial charge >= 0.3 is 5.97 Å². The second-order valence-corrected chi connectivity index (χ2v) is 7.50. The monoisotopic (exact) mass is 405 g/mol. The number of piperidine rings is 1. The number of hydrogen-bond donors (Lipinski definition) is 3. The molecule has 4 N–H and O–H groups in total. The minimum Gasteiger partial charge on any atom is -0.504 e. The highest BCUT2D eigenvalue weighted by Crippen LogP contribution is 2.43. The third-order valence-electron chi connectivity index (χ3n) is 5.55. The van der Waals surface area contributed by atoms with E-state index in [4.69, 9.17) is 5.73 Å². The van der Waals surface area contributed by atoms with Gasteiger partial charge in [-0.05, 0) is 37.3 Å². The molecule has 1 aromatic carbocycles. The lowest BCUT2D eigenvalue weighted by atomic mass is 10.0. The maximum atomic E-state index is 15.0. The average Bonchev–Trinajstić information content (AvgIpc) is 3.53. The Kier molecular flexibility index (Phi) is 4.77. The fourth-order valence-corrected chi connectivity index (χ4v) is 3.98. The molecule has 0 radical (unpaired) electrons. The predicted molar refractivity (Wildman–Crippen MR) is 104 cm³/mol. The third-order valence-corrected chi connectivity index (χ3v) is 5.55. The number of phenolic OH excluding ortho intramolecular Hbond substituents is 1. The molecule has 2 fully saturated rings. The number of aromatic carboxylic acids is 1. The van der Waals surface area contributed by atoms with Crippen LogP contribution >= 0.6 is 0 Å². The molecular formula is C20H21F2N3O4. The first-order valence-electron chi connectivity index (χ1n) is 9.48. The number of nitrogens with zero attached hydrogens (tertiary/aromatic N) is 2. The van der Waals surface area contributed by atoms with Gasteiger partial charge in [0.05, 0.1) is 10.9 Å². The molecule has 29 heavy (non-hydrogen) atoms. The number of rotatable bonds is 4. The van der Waals surface area contributed by atoms with E-state index in [1.807, 2.05) is 0 Å². The quantitative estimate of drug-likeness (QED) is 0.722. The molecule has 0 unspecified atom stereocenters. The summed E-state index contributed by atoms with van der Waals surface area (Å²) in [5, 5.41) is 20.1. The van der Waals surface area contributed by atoms with Gasteiger partial charge < -0.3 is 25.4 Å². The Morgan fingerprint density at radius 1 is 1.34 bits per heavy atom. The molecule has 0 amide bonds. The topological polar surface area (TPSA) is 109 Å². The summed E-state index contributed by atoms with van der Waals surface area (Å²) >= 11 is 0. The van der Waals surface area contributed by atoms with Crippen molar-refractivity contribution in [2.24, 2.45) is 5.73 Å². The van der Waals surface area contributed by atoms with Crippen LogP contribution in [0.25, 0.3) is 10.9 Å². The van der Waals surface area contributed by atoms with E-state index in [-0.39, 0.29) is 35.7 Å². The van der Waals surface area contributed by atoms with E-state index in [0.717, 1.165) is 18.9 Å². The molecule has 154 valence electrons. The lowest BCUT2D eigenvalue weighted by Crippen LogP contribution is -2.33. The van der Waals surface area contributed by atoms with Crippen molar-refractivity contribution < 1.29 is 23.8 Å². The number of nitrogens with two attached hydrogens (primary N) is 1. The van der Waals surface area contributed by atoms with Crippen molar-refractivity contribution >= 4 is 22.6 Å². The fourth-order valence-electron chi connectivity index (χ4n) is 3.98. The van der Waals surface area contributed by atoms with Crippen molar-refractivity contribution in [2.45, 2.75) is 31.7 Å². The van der Waals surface area contributed by atoms with E-state index in [0.29, 0.717) is 25.0 Å². The van der Waals surface area contributed by atoms with Gasteiger partial charge in [0.1, 0.15) is 17.1 Å². The zero-order valence-corrected chi connectivity index (χ0v) is 15.6. The summed E-state index contributed by atoms with van der Waals surface area (Å²) in [7, 11) is 0. The Balaban J connectivity index is 1.93. The lowest BCUT2D eigenvalue weighted by molar-refractivity contribution is 0.0694. The summed E-state index contributed by atoms with van der Waals surface area (Å²) in [4.78, 5) is 25.6. The van der Waals surface area contributed by atoms with Crippen molar-refractivity contribution in [2.75, 3.05) is 24.5 Å². The Morgan fingerprint density at radius 2 is 2.07 bits per heavy atom. The highest BCUT2D eigenvalue weighted by Gasteiger charge is 2.31. The van der Waals surface area contributed by atoms with Crippen LogP contribution < -0.4 is 16.1 Å². The van der Waals surface area contributed by atoms with Gasteiger partial charge in [-0.1, -0.05) is 0 Å². The summed E-state index contributed by atoms with van der Waals surface area (Å²) in [6, 6.07) is 0.905. The highest BCUT2D eigenvalue weighted by molar-refractivity contribution is 5.97. The Labute approximate surface area is 164 Å². The Hall–Kier alpha value is -2.94. The molecule has 1 saturated heterocycles. The van der Waals surface area contributed by atoms with Crippen molar-refractivity contribution in [3.8, 4) is 5.75 Å². The first-order valence-corrected chi connectivity index (χ1v) is 9.48. The number of hydrogen-bond acceptors (Lipinski definition) is 5. The number of fused-ring (bicyclic) bond motifs is 1. The van der Waals surface area contributed by atoms with E-state index in [2.05, 4.69) is 0 Å². The van der Waals surface area contributed by atoms with Crippen LogP contribution in [0.1, 0.15) is 42.1 Å². The zero-order chi connectivity index (χ0) is 20.9.